The van der Waals surface area contributed by atoms with Crippen molar-refractivity contribution in [2.45, 2.75) is 13.8 Å². The number of nitrogens with two attached hydrogens (primary N) is 1. The van der Waals surface area contributed by atoms with Crippen molar-refractivity contribution < 1.29 is 0 Å². The third kappa shape index (κ3) is 2.32. The van der Waals surface area contributed by atoms with Crippen molar-refractivity contribution >= 4 is 11.9 Å². The molecule has 0 spiro atoms. The second-order valence-electron chi connectivity index (χ2n) is 3.42. The van der Waals surface area contributed by atoms with Crippen molar-refractivity contribution in [1.29, 1.82) is 0 Å². The minimum absolute atomic E-state index is 0.201. The molecule has 2 heterocycles. The van der Waals surface area contributed by atoms with Gasteiger partial charge in [-0.05, 0) is 19.9 Å². The average Bonchev–Trinajstić information content (AvgIpc) is 2.83. The Balaban J connectivity index is 2.42. The van der Waals surface area contributed by atoms with Crippen molar-refractivity contribution in [3.05, 3.63) is 18.5 Å². The van der Waals surface area contributed by atoms with Gasteiger partial charge in [0, 0.05) is 25.5 Å². The smallest absolute Gasteiger partial charge is 0.257 e. The van der Waals surface area contributed by atoms with Gasteiger partial charge in [0.2, 0.25) is 11.9 Å². The number of nitrogens with zero attached hydrogens (tertiary/aromatic N) is 6. The lowest BCUT2D eigenvalue weighted by atomic mass is 10.5. The molecule has 0 saturated carbocycles. The van der Waals surface area contributed by atoms with Gasteiger partial charge in [0.1, 0.15) is 0 Å². The van der Waals surface area contributed by atoms with Crippen LogP contribution < -0.4 is 10.6 Å². The third-order valence-electron chi connectivity index (χ3n) is 2.38. The standard InChI is InChI=1S/C10H15N7/c1-3-16(4-2)9-13-8(11)14-10(15-9)17-7-5-6-12-17/h5-7H,3-4H2,1-2H3,(H2,11,13,14,15). The van der Waals surface area contributed by atoms with Gasteiger partial charge in [-0.2, -0.15) is 20.1 Å². The number of anilines is 2. The lowest BCUT2D eigenvalue weighted by molar-refractivity contribution is 0.764. The first-order valence-corrected chi connectivity index (χ1v) is 5.51. The van der Waals surface area contributed by atoms with Crippen LogP contribution >= 0.6 is 0 Å². The molecule has 0 aliphatic heterocycles. The van der Waals surface area contributed by atoms with Crippen LogP contribution in [0.5, 0.6) is 0 Å². The summed E-state index contributed by atoms with van der Waals surface area (Å²) in [7, 11) is 0. The molecule has 90 valence electrons. The molecule has 7 nitrogen and oxygen atoms in total. The lowest BCUT2D eigenvalue weighted by Gasteiger charge is -2.18. The van der Waals surface area contributed by atoms with E-state index in [2.05, 4.69) is 20.1 Å². The Hall–Kier alpha value is -2.18. The lowest BCUT2D eigenvalue weighted by Crippen LogP contribution is -2.25. The summed E-state index contributed by atoms with van der Waals surface area (Å²) in [5.74, 6) is 1.21. The van der Waals surface area contributed by atoms with Crippen molar-refractivity contribution in [1.82, 2.24) is 24.7 Å². The number of rotatable bonds is 4. The van der Waals surface area contributed by atoms with E-state index in [1.807, 2.05) is 18.7 Å². The molecule has 0 aromatic carbocycles. The molecule has 2 rings (SSSR count). The van der Waals surface area contributed by atoms with Crippen LogP contribution in [0.3, 0.4) is 0 Å². The van der Waals surface area contributed by atoms with E-state index in [0.717, 1.165) is 13.1 Å². The predicted molar refractivity (Wildman–Crippen MR) is 64.9 cm³/mol. The Morgan fingerprint density at radius 1 is 1.24 bits per heavy atom. The van der Waals surface area contributed by atoms with Crippen LogP contribution in [0.25, 0.3) is 5.95 Å². The van der Waals surface area contributed by atoms with E-state index in [0.29, 0.717) is 11.9 Å². The summed E-state index contributed by atoms with van der Waals surface area (Å²) in [6, 6.07) is 1.80. The maximum atomic E-state index is 5.68. The van der Waals surface area contributed by atoms with Crippen molar-refractivity contribution in [2.24, 2.45) is 0 Å². The van der Waals surface area contributed by atoms with Gasteiger partial charge in [0.25, 0.3) is 5.95 Å². The summed E-state index contributed by atoms with van der Waals surface area (Å²) in [5, 5.41) is 4.07. The van der Waals surface area contributed by atoms with E-state index in [-0.39, 0.29) is 5.95 Å². The van der Waals surface area contributed by atoms with Crippen LogP contribution in [0.4, 0.5) is 11.9 Å². The van der Waals surface area contributed by atoms with Crippen LogP contribution in [-0.2, 0) is 0 Å². The number of nitrogen functional groups attached to an aromatic ring is 1. The first-order valence-electron chi connectivity index (χ1n) is 5.51. The fraction of sp³-hybridized carbons (Fsp3) is 0.400. The van der Waals surface area contributed by atoms with Gasteiger partial charge in [0.05, 0.1) is 0 Å². The molecule has 0 saturated heterocycles. The maximum Gasteiger partial charge on any atom is 0.257 e. The van der Waals surface area contributed by atoms with E-state index in [1.165, 1.54) is 0 Å². The first-order chi connectivity index (χ1) is 8.24. The molecule has 7 heteroatoms. The van der Waals surface area contributed by atoms with Crippen LogP contribution in [0.2, 0.25) is 0 Å². The topological polar surface area (TPSA) is 85.8 Å². The maximum absolute atomic E-state index is 5.68. The summed E-state index contributed by atoms with van der Waals surface area (Å²) >= 11 is 0. The number of hydrogen-bond acceptors (Lipinski definition) is 6. The van der Waals surface area contributed by atoms with E-state index in [9.17, 15) is 0 Å². The van der Waals surface area contributed by atoms with E-state index < -0.39 is 0 Å². The molecule has 0 aliphatic rings. The Kier molecular flexibility index (Phi) is 3.17. The highest BCUT2D eigenvalue weighted by atomic mass is 15.4. The quantitative estimate of drug-likeness (QED) is 0.827. The summed E-state index contributed by atoms with van der Waals surface area (Å²) in [6.07, 6.45) is 3.43. The molecule has 2 aromatic rings. The molecular formula is C10H15N7. The van der Waals surface area contributed by atoms with Crippen LogP contribution in [-0.4, -0.2) is 37.8 Å². The van der Waals surface area contributed by atoms with Gasteiger partial charge in [-0.3, -0.25) is 0 Å². The van der Waals surface area contributed by atoms with Crippen LogP contribution in [0, 0.1) is 0 Å². The average molecular weight is 233 g/mol. The zero-order chi connectivity index (χ0) is 12.3. The molecule has 0 aliphatic carbocycles. The highest BCUT2D eigenvalue weighted by Gasteiger charge is 2.10. The van der Waals surface area contributed by atoms with Gasteiger partial charge >= 0.3 is 0 Å². The molecular weight excluding hydrogens is 218 g/mol. The predicted octanol–water partition coefficient (Wildman–Crippen LogP) is 0.486. The normalized spacial score (nSPS) is 10.5. The van der Waals surface area contributed by atoms with E-state index >= 15 is 0 Å². The van der Waals surface area contributed by atoms with Crippen LogP contribution in [0.15, 0.2) is 18.5 Å². The number of aromatic nitrogens is 5. The Morgan fingerprint density at radius 2 is 2.00 bits per heavy atom. The largest absolute Gasteiger partial charge is 0.368 e. The Bertz CT molecular complexity index is 475. The molecule has 17 heavy (non-hydrogen) atoms. The van der Waals surface area contributed by atoms with Gasteiger partial charge in [0.15, 0.2) is 0 Å². The first kappa shape index (κ1) is 11.3. The van der Waals surface area contributed by atoms with Crippen LogP contribution in [0.1, 0.15) is 13.8 Å². The minimum Gasteiger partial charge on any atom is -0.368 e. The minimum atomic E-state index is 0.201. The highest BCUT2D eigenvalue weighted by Crippen LogP contribution is 2.10. The third-order valence-corrected chi connectivity index (χ3v) is 2.38. The van der Waals surface area contributed by atoms with E-state index in [1.54, 1.807) is 23.1 Å². The summed E-state index contributed by atoms with van der Waals surface area (Å²) < 4.78 is 1.56. The SMILES string of the molecule is CCN(CC)c1nc(N)nc(-n2cccn2)n1. The molecule has 0 amide bonds. The zero-order valence-corrected chi connectivity index (χ0v) is 9.91. The van der Waals surface area contributed by atoms with Crippen molar-refractivity contribution in [2.75, 3.05) is 23.7 Å². The molecule has 0 bridgehead atoms. The summed E-state index contributed by atoms with van der Waals surface area (Å²) in [4.78, 5) is 14.5. The fourth-order valence-electron chi connectivity index (χ4n) is 1.51. The van der Waals surface area contributed by atoms with Gasteiger partial charge in [-0.25, -0.2) is 4.68 Å². The second-order valence-corrected chi connectivity index (χ2v) is 3.42. The highest BCUT2D eigenvalue weighted by molar-refractivity contribution is 5.37. The second kappa shape index (κ2) is 4.77. The molecule has 0 radical (unpaired) electrons. The molecule has 2 aromatic heterocycles. The Morgan fingerprint density at radius 3 is 2.59 bits per heavy atom. The summed E-state index contributed by atoms with van der Waals surface area (Å²) in [6.45, 7) is 5.71. The fourth-order valence-corrected chi connectivity index (χ4v) is 1.51. The zero-order valence-electron chi connectivity index (χ0n) is 9.91. The molecule has 2 N–H and O–H groups in total. The van der Waals surface area contributed by atoms with Crippen molar-refractivity contribution in [3.63, 3.8) is 0 Å². The van der Waals surface area contributed by atoms with E-state index in [4.69, 9.17) is 5.73 Å². The number of hydrogen-bond donors (Lipinski definition) is 1. The van der Waals surface area contributed by atoms with Gasteiger partial charge in [-0.1, -0.05) is 0 Å². The molecule has 0 fully saturated rings. The molecule has 0 atom stereocenters. The Labute approximate surface area is 99.3 Å². The van der Waals surface area contributed by atoms with Crippen molar-refractivity contribution in [3.8, 4) is 5.95 Å². The van der Waals surface area contributed by atoms with Gasteiger partial charge in [-0.15, -0.1) is 0 Å². The molecule has 0 unspecified atom stereocenters. The summed E-state index contributed by atoms with van der Waals surface area (Å²) in [5.41, 5.74) is 5.68. The monoisotopic (exact) mass is 233 g/mol. The van der Waals surface area contributed by atoms with Gasteiger partial charge < -0.3 is 10.6 Å².